The number of rotatable bonds is 4. The smallest absolute Gasteiger partial charge is 0.213 e. The number of benzene rings is 1. The van der Waals surface area contributed by atoms with E-state index in [-0.39, 0.29) is 34.1 Å². The second-order valence-corrected chi connectivity index (χ2v) is 9.59. The summed E-state index contributed by atoms with van der Waals surface area (Å²) in [5, 5.41) is 0.178. The fourth-order valence-corrected chi connectivity index (χ4v) is 5.39. The molecule has 10 heteroatoms. The fourth-order valence-electron chi connectivity index (χ4n) is 2.34. The Bertz CT molecular complexity index is 757. The number of sulfonamides is 2. The minimum absolute atomic E-state index is 0.000510. The highest BCUT2D eigenvalue weighted by atomic mass is 35.5. The standard InChI is InChI=1S/C12H16Cl2N2O4S2/c1-21(17,18)15-9-5-7-16(8-6-9)22(19,20)11-4-2-3-10(13)12(11)14/h2-4,9,15H,5-8H2,1H3. The molecule has 22 heavy (non-hydrogen) atoms. The zero-order valence-corrected chi connectivity index (χ0v) is 14.9. The topological polar surface area (TPSA) is 83.6 Å². The van der Waals surface area contributed by atoms with Gasteiger partial charge in [-0.2, -0.15) is 4.31 Å². The normalized spacial score (nSPS) is 18.5. The molecule has 0 aromatic heterocycles. The number of halogens is 2. The molecule has 0 spiro atoms. The van der Waals surface area contributed by atoms with E-state index in [9.17, 15) is 16.8 Å². The van der Waals surface area contributed by atoms with Gasteiger partial charge in [0, 0.05) is 19.1 Å². The Balaban J connectivity index is 2.15. The number of piperidine rings is 1. The van der Waals surface area contributed by atoms with Gasteiger partial charge in [0.1, 0.15) is 4.90 Å². The Kier molecular flexibility index (Phi) is 5.41. The first-order chi connectivity index (χ1) is 10.1. The molecule has 1 fully saturated rings. The van der Waals surface area contributed by atoms with Crippen LogP contribution in [0.4, 0.5) is 0 Å². The summed E-state index contributed by atoms with van der Waals surface area (Å²) in [5.74, 6) is 0. The lowest BCUT2D eigenvalue weighted by Crippen LogP contribution is -2.46. The molecule has 0 radical (unpaired) electrons. The predicted octanol–water partition coefficient (Wildman–Crippen LogP) is 1.70. The van der Waals surface area contributed by atoms with Crippen molar-refractivity contribution in [2.24, 2.45) is 0 Å². The zero-order chi connectivity index (χ0) is 16.5. The van der Waals surface area contributed by atoms with Crippen molar-refractivity contribution in [2.45, 2.75) is 23.8 Å². The molecule has 1 aromatic rings. The Hall–Kier alpha value is -0.380. The molecule has 0 atom stereocenters. The van der Waals surface area contributed by atoms with Crippen LogP contribution in [0.15, 0.2) is 23.1 Å². The van der Waals surface area contributed by atoms with Crippen LogP contribution in [0.3, 0.4) is 0 Å². The first-order valence-corrected chi connectivity index (χ1v) is 10.6. The minimum atomic E-state index is -3.74. The molecule has 124 valence electrons. The van der Waals surface area contributed by atoms with Gasteiger partial charge in [0.25, 0.3) is 0 Å². The van der Waals surface area contributed by atoms with E-state index in [1.165, 1.54) is 22.5 Å². The van der Waals surface area contributed by atoms with Crippen molar-refractivity contribution in [3.63, 3.8) is 0 Å². The van der Waals surface area contributed by atoms with Crippen molar-refractivity contribution in [1.82, 2.24) is 9.03 Å². The van der Waals surface area contributed by atoms with Gasteiger partial charge in [-0.25, -0.2) is 21.6 Å². The van der Waals surface area contributed by atoms with Crippen LogP contribution in [-0.4, -0.2) is 46.5 Å². The lowest BCUT2D eigenvalue weighted by Gasteiger charge is -2.31. The van der Waals surface area contributed by atoms with Crippen LogP contribution in [0.1, 0.15) is 12.8 Å². The molecule has 0 saturated carbocycles. The van der Waals surface area contributed by atoms with Crippen LogP contribution in [0.5, 0.6) is 0 Å². The summed E-state index contributed by atoms with van der Waals surface area (Å²) in [6, 6.07) is 4.20. The monoisotopic (exact) mass is 386 g/mol. The number of nitrogens with one attached hydrogen (secondary N) is 1. The maximum atomic E-state index is 12.6. The summed E-state index contributed by atoms with van der Waals surface area (Å²) < 4.78 is 51.4. The SMILES string of the molecule is CS(=O)(=O)NC1CCN(S(=O)(=O)c2cccc(Cl)c2Cl)CC1. The summed E-state index contributed by atoms with van der Waals surface area (Å²) in [5.41, 5.74) is 0. The maximum absolute atomic E-state index is 12.6. The van der Waals surface area contributed by atoms with Gasteiger partial charge in [-0.3, -0.25) is 0 Å². The molecular formula is C12H16Cl2N2O4S2. The van der Waals surface area contributed by atoms with Crippen LogP contribution < -0.4 is 4.72 Å². The van der Waals surface area contributed by atoms with Gasteiger partial charge >= 0.3 is 0 Å². The molecule has 6 nitrogen and oxygen atoms in total. The van der Waals surface area contributed by atoms with Gasteiger partial charge in [0.05, 0.1) is 16.3 Å². The van der Waals surface area contributed by atoms with Crippen LogP contribution in [-0.2, 0) is 20.0 Å². The molecule has 1 saturated heterocycles. The molecule has 1 N–H and O–H groups in total. The average Bonchev–Trinajstić information content (AvgIpc) is 2.40. The van der Waals surface area contributed by atoms with Crippen LogP contribution >= 0.6 is 23.2 Å². The van der Waals surface area contributed by atoms with E-state index in [1.54, 1.807) is 0 Å². The third-order valence-corrected chi connectivity index (χ3v) is 7.00. The summed E-state index contributed by atoms with van der Waals surface area (Å²) in [7, 11) is -7.04. The van der Waals surface area contributed by atoms with Gasteiger partial charge in [0.15, 0.2) is 0 Å². The number of nitrogens with zero attached hydrogens (tertiary/aromatic N) is 1. The minimum Gasteiger partial charge on any atom is -0.213 e. The lowest BCUT2D eigenvalue weighted by molar-refractivity contribution is 0.309. The van der Waals surface area contributed by atoms with Crippen molar-refractivity contribution in [2.75, 3.05) is 19.3 Å². The van der Waals surface area contributed by atoms with E-state index >= 15 is 0 Å². The van der Waals surface area contributed by atoms with Crippen molar-refractivity contribution >= 4 is 43.2 Å². The summed E-state index contributed by atoms with van der Waals surface area (Å²) in [4.78, 5) is -0.0313. The molecule has 0 aliphatic carbocycles. The third-order valence-electron chi connectivity index (χ3n) is 3.37. The molecule has 0 unspecified atom stereocenters. The molecule has 1 heterocycles. The Morgan fingerprint density at radius 3 is 2.27 bits per heavy atom. The van der Waals surface area contributed by atoms with Gasteiger partial charge in [-0.05, 0) is 25.0 Å². The lowest BCUT2D eigenvalue weighted by atomic mass is 10.1. The Morgan fingerprint density at radius 1 is 1.14 bits per heavy atom. The highest BCUT2D eigenvalue weighted by molar-refractivity contribution is 7.89. The second kappa shape index (κ2) is 6.62. The third kappa shape index (κ3) is 4.12. The first-order valence-electron chi connectivity index (χ1n) is 6.53. The number of hydrogen-bond donors (Lipinski definition) is 1. The van der Waals surface area contributed by atoms with Crippen molar-refractivity contribution in [1.29, 1.82) is 0 Å². The molecular weight excluding hydrogens is 371 g/mol. The van der Waals surface area contributed by atoms with E-state index in [0.29, 0.717) is 12.8 Å². The second-order valence-electron chi connectivity index (χ2n) is 5.12. The summed E-state index contributed by atoms with van der Waals surface area (Å²) in [6.45, 7) is 0.441. The Labute approximate surface area is 140 Å². The fraction of sp³-hybridized carbons (Fsp3) is 0.500. The Morgan fingerprint density at radius 2 is 1.73 bits per heavy atom. The van der Waals surface area contributed by atoms with Crippen LogP contribution in [0.2, 0.25) is 10.0 Å². The molecule has 0 bridgehead atoms. The van der Waals surface area contributed by atoms with Crippen molar-refractivity contribution < 1.29 is 16.8 Å². The van der Waals surface area contributed by atoms with Crippen molar-refractivity contribution in [3.05, 3.63) is 28.2 Å². The summed E-state index contributed by atoms with van der Waals surface area (Å²) in [6.07, 6.45) is 1.90. The van der Waals surface area contributed by atoms with Gasteiger partial charge < -0.3 is 0 Å². The van der Waals surface area contributed by atoms with E-state index < -0.39 is 20.0 Å². The van der Waals surface area contributed by atoms with Gasteiger partial charge in [-0.1, -0.05) is 29.3 Å². The first kappa shape index (κ1) is 18.0. The van der Waals surface area contributed by atoms with E-state index in [1.807, 2.05) is 0 Å². The highest BCUT2D eigenvalue weighted by Crippen LogP contribution is 2.31. The van der Waals surface area contributed by atoms with Gasteiger partial charge in [0.2, 0.25) is 20.0 Å². The van der Waals surface area contributed by atoms with Crippen molar-refractivity contribution in [3.8, 4) is 0 Å². The van der Waals surface area contributed by atoms with E-state index in [2.05, 4.69) is 4.72 Å². The quantitative estimate of drug-likeness (QED) is 0.853. The van der Waals surface area contributed by atoms with E-state index in [4.69, 9.17) is 23.2 Å². The largest absolute Gasteiger partial charge is 0.244 e. The highest BCUT2D eigenvalue weighted by Gasteiger charge is 2.32. The van der Waals surface area contributed by atoms with Gasteiger partial charge in [-0.15, -0.1) is 0 Å². The molecule has 1 aliphatic heterocycles. The van der Waals surface area contributed by atoms with E-state index in [0.717, 1.165) is 6.26 Å². The van der Waals surface area contributed by atoms with Crippen LogP contribution in [0.25, 0.3) is 0 Å². The predicted molar refractivity (Wildman–Crippen MR) is 86.2 cm³/mol. The number of hydrogen-bond acceptors (Lipinski definition) is 4. The van der Waals surface area contributed by atoms with Crippen LogP contribution in [0, 0.1) is 0 Å². The maximum Gasteiger partial charge on any atom is 0.244 e. The average molecular weight is 387 g/mol. The molecule has 1 aliphatic rings. The summed E-state index contributed by atoms with van der Waals surface area (Å²) >= 11 is 11.8. The zero-order valence-electron chi connectivity index (χ0n) is 11.8. The molecule has 0 amide bonds. The molecule has 1 aromatic carbocycles. The molecule has 2 rings (SSSR count).